The van der Waals surface area contributed by atoms with Crippen LogP contribution in [-0.2, 0) is 4.79 Å². The van der Waals surface area contributed by atoms with Crippen molar-refractivity contribution in [1.29, 1.82) is 0 Å². The van der Waals surface area contributed by atoms with Gasteiger partial charge in [0.05, 0.1) is 5.60 Å². The summed E-state index contributed by atoms with van der Waals surface area (Å²) in [6.07, 6.45) is 3.94. The zero-order valence-electron chi connectivity index (χ0n) is 18.0. The first kappa shape index (κ1) is 25.5. The van der Waals surface area contributed by atoms with Crippen LogP contribution in [0.15, 0.2) is 24.3 Å². The van der Waals surface area contributed by atoms with Crippen LogP contribution in [0.5, 0.6) is 5.75 Å². The topological polar surface area (TPSA) is 46.5 Å². The van der Waals surface area contributed by atoms with Crippen molar-refractivity contribution in [2.75, 3.05) is 0 Å². The lowest BCUT2D eigenvalue weighted by Crippen LogP contribution is -2.37. The summed E-state index contributed by atoms with van der Waals surface area (Å²) in [6.45, 7) is 7.82. The summed E-state index contributed by atoms with van der Waals surface area (Å²) >= 11 is 0. The van der Waals surface area contributed by atoms with E-state index in [0.29, 0.717) is 11.7 Å². The first-order valence-electron chi connectivity index (χ1n) is 10.6. The Morgan fingerprint density at radius 2 is 1.55 bits per heavy atom. The maximum absolute atomic E-state index is 11.6. The summed E-state index contributed by atoms with van der Waals surface area (Å²) in [7, 11) is 0. The van der Waals surface area contributed by atoms with Crippen molar-refractivity contribution in [2.24, 2.45) is 11.8 Å². The van der Waals surface area contributed by atoms with E-state index in [-0.39, 0.29) is 11.7 Å². The Hall–Kier alpha value is -1.56. The van der Waals surface area contributed by atoms with Crippen LogP contribution in [0.3, 0.4) is 0 Å². The van der Waals surface area contributed by atoms with Gasteiger partial charge >= 0.3 is 6.36 Å². The van der Waals surface area contributed by atoms with Crippen LogP contribution in [0.25, 0.3) is 0 Å². The molecule has 0 aliphatic heterocycles. The normalized spacial score (nSPS) is 23.8. The molecule has 0 spiro atoms. The molecule has 0 unspecified atom stereocenters. The summed E-state index contributed by atoms with van der Waals surface area (Å²) in [5, 5.41) is 10.2. The van der Waals surface area contributed by atoms with Gasteiger partial charge < -0.3 is 9.84 Å². The molecule has 1 aromatic carbocycles. The Balaban J connectivity index is 0.000000247. The largest absolute Gasteiger partial charge is 0.573 e. The molecule has 3 nitrogen and oxygen atoms in total. The van der Waals surface area contributed by atoms with E-state index in [4.69, 9.17) is 0 Å². The summed E-state index contributed by atoms with van der Waals surface area (Å²) in [4.78, 5) is 11.1. The molecule has 2 saturated carbocycles. The van der Waals surface area contributed by atoms with E-state index in [1.807, 2.05) is 0 Å². The molecular weight excluding hydrogens is 381 g/mol. The molecule has 2 fully saturated rings. The Kier molecular flexibility index (Phi) is 10.2. The first-order chi connectivity index (χ1) is 13.5. The average molecular weight is 417 g/mol. The Morgan fingerprint density at radius 3 is 1.90 bits per heavy atom. The number of halogens is 3. The minimum Gasteiger partial charge on any atom is -0.406 e. The average Bonchev–Trinajstić information content (AvgIpc) is 3.49. The zero-order chi connectivity index (χ0) is 22.1. The highest BCUT2D eigenvalue weighted by atomic mass is 19.4. The number of carbonyl (C=O) groups excluding carboxylic acids is 1. The van der Waals surface area contributed by atoms with Gasteiger partial charge in [0.2, 0.25) is 0 Å². The van der Waals surface area contributed by atoms with Crippen LogP contribution in [0.4, 0.5) is 13.2 Å². The smallest absolute Gasteiger partial charge is 0.406 e. The van der Waals surface area contributed by atoms with Gasteiger partial charge in [0, 0.05) is 5.92 Å². The molecule has 0 bridgehead atoms. The van der Waals surface area contributed by atoms with Crippen LogP contribution in [0, 0.1) is 18.8 Å². The van der Waals surface area contributed by atoms with Gasteiger partial charge in [-0.15, -0.1) is 13.2 Å². The molecule has 2 aliphatic carbocycles. The van der Waals surface area contributed by atoms with Gasteiger partial charge in [-0.05, 0) is 70.4 Å². The van der Waals surface area contributed by atoms with E-state index < -0.39 is 12.0 Å². The number of ketones is 1. The molecule has 1 N–H and O–H groups in total. The standard InChI is InChI=1S/C11H18O2.C8H7F3O.C4H10/c1-8(12)9-4-6-11(13,7-5-9)10-2-3-10;1-6-2-4-7(5-3-6)12-8(9,10)11;1-3-4-2/h9-10,13H,2-7H2,1H3;2-5H,1H3;3-4H2,1-2H3. The second-order valence-electron chi connectivity index (χ2n) is 8.12. The highest BCUT2D eigenvalue weighted by Crippen LogP contribution is 2.48. The van der Waals surface area contributed by atoms with Gasteiger partial charge in [-0.1, -0.05) is 44.4 Å². The van der Waals surface area contributed by atoms with Gasteiger partial charge in [-0.25, -0.2) is 0 Å². The third kappa shape index (κ3) is 10.2. The quantitative estimate of drug-likeness (QED) is 0.601. The molecule has 0 amide bonds. The zero-order valence-corrected chi connectivity index (χ0v) is 18.0. The number of unbranched alkanes of at least 4 members (excludes halogenated alkanes) is 1. The number of alkyl halides is 3. The Morgan fingerprint density at radius 1 is 1.07 bits per heavy atom. The predicted molar refractivity (Wildman–Crippen MR) is 109 cm³/mol. The molecule has 0 radical (unpaired) electrons. The molecule has 0 atom stereocenters. The number of hydrogen-bond donors (Lipinski definition) is 1. The third-order valence-corrected chi connectivity index (χ3v) is 5.52. The van der Waals surface area contributed by atoms with Crippen molar-refractivity contribution in [1.82, 2.24) is 0 Å². The maximum atomic E-state index is 11.6. The van der Waals surface area contributed by atoms with Gasteiger partial charge in [0.15, 0.2) is 0 Å². The third-order valence-electron chi connectivity index (χ3n) is 5.52. The number of benzene rings is 1. The molecule has 0 aromatic heterocycles. The second kappa shape index (κ2) is 11.6. The second-order valence-corrected chi connectivity index (χ2v) is 8.12. The van der Waals surface area contributed by atoms with Crippen LogP contribution in [0.1, 0.15) is 77.7 Å². The SMILES string of the molecule is CC(=O)C1CCC(O)(C2CC2)CC1.CCCC.Cc1ccc(OC(F)(F)F)cc1. The number of aryl methyl sites for hydroxylation is 1. The van der Waals surface area contributed by atoms with Crippen molar-refractivity contribution in [3.8, 4) is 5.75 Å². The van der Waals surface area contributed by atoms with E-state index >= 15 is 0 Å². The number of carbonyl (C=O) groups is 1. The van der Waals surface area contributed by atoms with Crippen LogP contribution >= 0.6 is 0 Å². The molecular formula is C23H35F3O3. The number of Topliss-reactive ketones (excluding diaryl/α,β-unsaturated/α-hetero) is 1. The summed E-state index contributed by atoms with van der Waals surface area (Å²) in [5.74, 6) is 0.908. The van der Waals surface area contributed by atoms with Crippen LogP contribution in [0.2, 0.25) is 0 Å². The van der Waals surface area contributed by atoms with Crippen LogP contribution in [-0.4, -0.2) is 22.9 Å². The molecule has 29 heavy (non-hydrogen) atoms. The van der Waals surface area contributed by atoms with E-state index in [2.05, 4.69) is 18.6 Å². The van der Waals surface area contributed by atoms with E-state index in [1.54, 1.807) is 26.0 Å². The minimum atomic E-state index is -4.60. The fourth-order valence-electron chi connectivity index (χ4n) is 3.29. The van der Waals surface area contributed by atoms with Crippen molar-refractivity contribution in [2.45, 2.75) is 91.0 Å². The van der Waals surface area contributed by atoms with Crippen molar-refractivity contribution in [3.63, 3.8) is 0 Å². The first-order valence-corrected chi connectivity index (χ1v) is 10.6. The fourth-order valence-corrected chi connectivity index (χ4v) is 3.29. The van der Waals surface area contributed by atoms with Gasteiger partial charge in [0.1, 0.15) is 11.5 Å². The summed E-state index contributed by atoms with van der Waals surface area (Å²) in [5.41, 5.74) is 0.496. The van der Waals surface area contributed by atoms with E-state index in [1.165, 1.54) is 37.8 Å². The fraction of sp³-hybridized carbons (Fsp3) is 0.696. The molecule has 3 rings (SSSR count). The maximum Gasteiger partial charge on any atom is 0.573 e. The van der Waals surface area contributed by atoms with E-state index in [9.17, 15) is 23.1 Å². The Bertz CT molecular complexity index is 597. The minimum absolute atomic E-state index is 0.187. The van der Waals surface area contributed by atoms with Gasteiger partial charge in [0.25, 0.3) is 0 Å². The lowest BCUT2D eigenvalue weighted by Gasteiger charge is -2.35. The van der Waals surface area contributed by atoms with Crippen LogP contribution < -0.4 is 4.74 Å². The Labute approximate surface area is 172 Å². The number of rotatable bonds is 4. The molecule has 0 saturated heterocycles. The lowest BCUT2D eigenvalue weighted by molar-refractivity contribution is -0.274. The van der Waals surface area contributed by atoms with Crippen molar-refractivity contribution < 1.29 is 27.8 Å². The molecule has 166 valence electrons. The monoisotopic (exact) mass is 416 g/mol. The number of ether oxygens (including phenoxy) is 1. The van der Waals surface area contributed by atoms with Crippen molar-refractivity contribution >= 4 is 5.78 Å². The lowest BCUT2D eigenvalue weighted by atomic mass is 9.75. The molecule has 1 aromatic rings. The summed E-state index contributed by atoms with van der Waals surface area (Å²) in [6, 6.07) is 5.67. The van der Waals surface area contributed by atoms with Gasteiger partial charge in [-0.2, -0.15) is 0 Å². The van der Waals surface area contributed by atoms with Crippen molar-refractivity contribution in [3.05, 3.63) is 29.8 Å². The molecule has 6 heteroatoms. The number of hydrogen-bond acceptors (Lipinski definition) is 3. The number of aliphatic hydroxyl groups is 1. The summed E-state index contributed by atoms with van der Waals surface area (Å²) < 4.78 is 38.5. The molecule has 2 aliphatic rings. The highest BCUT2D eigenvalue weighted by molar-refractivity contribution is 5.78. The predicted octanol–water partition coefficient (Wildman–Crippen LogP) is 6.61. The highest BCUT2D eigenvalue weighted by Gasteiger charge is 2.45. The van der Waals surface area contributed by atoms with E-state index in [0.717, 1.165) is 31.2 Å². The van der Waals surface area contributed by atoms with Gasteiger partial charge in [-0.3, -0.25) is 4.79 Å². The molecule has 0 heterocycles.